The smallest absolute Gasteiger partial charge is 0 e. The van der Waals surface area contributed by atoms with E-state index in [-0.39, 0.29) is 92.7 Å². The maximum atomic E-state index is 0. The Labute approximate surface area is 90.9 Å². The van der Waals surface area contributed by atoms with Crippen LogP contribution < -0.4 is 0 Å². The van der Waals surface area contributed by atoms with Gasteiger partial charge in [0, 0.05) is 92.7 Å². The van der Waals surface area contributed by atoms with Crippen molar-refractivity contribution < 1.29 is 17.1 Å². The van der Waals surface area contributed by atoms with E-state index in [1.807, 2.05) is 0 Å². The van der Waals surface area contributed by atoms with Crippen molar-refractivity contribution in [2.24, 2.45) is 0 Å². The molecule has 4 heavy (non-hydrogen) atoms. The van der Waals surface area contributed by atoms with Crippen LogP contribution in [0.15, 0.2) is 0 Å². The van der Waals surface area contributed by atoms with Crippen LogP contribution in [-0.4, -0.2) is 75.6 Å². The minimum Gasteiger partial charge on any atom is 0 e. The molecule has 0 fully saturated rings. The zero-order valence-corrected chi connectivity index (χ0v) is 12.0. The molecule has 0 spiro atoms. The summed E-state index contributed by atoms with van der Waals surface area (Å²) in [5.41, 5.74) is 0. The summed E-state index contributed by atoms with van der Waals surface area (Å²) in [6.07, 6.45) is 0. The predicted octanol–water partition coefficient (Wildman–Crippen LogP) is -1.14. The van der Waals surface area contributed by atoms with Gasteiger partial charge in [0.15, 0.2) is 0 Å². The molecule has 0 amide bonds. The molecule has 0 aromatic carbocycles. The second kappa shape index (κ2) is 16.6. The Hall–Kier alpha value is 3.06. The summed E-state index contributed by atoms with van der Waals surface area (Å²) in [5.74, 6) is 0. The Morgan fingerprint density at radius 3 is 1.00 bits per heavy atom. The van der Waals surface area contributed by atoms with Crippen LogP contribution in [-0.2, 0) is 17.1 Å². The van der Waals surface area contributed by atoms with Crippen LogP contribution in [0.4, 0.5) is 0 Å². The SMILES string of the molecule is [Cu].[Pb].[Sb].[Sn]. The molecule has 0 aliphatic rings. The molecule has 0 rings (SSSR count). The number of hydrogen-bond acceptors (Lipinski definition) is 0. The molecule has 0 N–H and O–H groups in total. The van der Waals surface area contributed by atoms with Gasteiger partial charge in [-0.3, -0.25) is 0 Å². The van der Waals surface area contributed by atoms with Crippen molar-refractivity contribution in [2.75, 3.05) is 0 Å². The first-order valence-electron chi connectivity index (χ1n) is 0. The van der Waals surface area contributed by atoms with Gasteiger partial charge in [0.1, 0.15) is 0 Å². The Morgan fingerprint density at radius 2 is 1.00 bits per heavy atom. The summed E-state index contributed by atoms with van der Waals surface area (Å²) in [6, 6.07) is 0. The molecule has 0 saturated heterocycles. The Balaban J connectivity index is 0. The number of hydrogen-bond donors (Lipinski definition) is 0. The van der Waals surface area contributed by atoms with Crippen LogP contribution in [0.25, 0.3) is 0 Å². The minimum absolute atomic E-state index is 0. The maximum absolute atomic E-state index is 0. The van der Waals surface area contributed by atoms with Crippen LogP contribution in [0.3, 0.4) is 0 Å². The van der Waals surface area contributed by atoms with Crippen molar-refractivity contribution in [3.63, 3.8) is 0 Å². The van der Waals surface area contributed by atoms with Gasteiger partial charge in [-0.05, 0) is 0 Å². The molecule has 0 aromatic heterocycles. The molecule has 0 aliphatic carbocycles. The summed E-state index contributed by atoms with van der Waals surface area (Å²) >= 11 is 0. The molecule has 4 heteroatoms. The van der Waals surface area contributed by atoms with Crippen molar-refractivity contribution in [2.45, 2.75) is 0 Å². The standard InChI is InChI=1S/Cu.Pb.Sb.Sn. The van der Waals surface area contributed by atoms with E-state index in [1.54, 1.807) is 0 Å². The monoisotopic (exact) mass is 512 g/mol. The summed E-state index contributed by atoms with van der Waals surface area (Å²) in [5, 5.41) is 0. The molecule has 0 aliphatic heterocycles. The molecule has 0 bridgehead atoms. The molecular formula is CuPbSbSn. The molecule has 12 radical (unpaired) electrons. The summed E-state index contributed by atoms with van der Waals surface area (Å²) in [4.78, 5) is 0. The van der Waals surface area contributed by atoms with Crippen LogP contribution in [0.2, 0.25) is 0 Å². The largest absolute Gasteiger partial charge is 0 e. The van der Waals surface area contributed by atoms with E-state index < -0.39 is 0 Å². The van der Waals surface area contributed by atoms with Gasteiger partial charge in [-0.15, -0.1) is 0 Å². The zero-order valence-electron chi connectivity index (χ0n) is 1.75. The van der Waals surface area contributed by atoms with E-state index in [0.717, 1.165) is 0 Å². The predicted molar refractivity (Wildman–Crippen MR) is 17.3 cm³/mol. The second-order valence-corrected chi connectivity index (χ2v) is 0. The third-order valence-corrected chi connectivity index (χ3v) is 0. The van der Waals surface area contributed by atoms with Crippen LogP contribution in [0.1, 0.15) is 0 Å². The fourth-order valence-electron chi connectivity index (χ4n) is 0. The van der Waals surface area contributed by atoms with Crippen molar-refractivity contribution in [3.05, 3.63) is 0 Å². The van der Waals surface area contributed by atoms with Crippen LogP contribution in [0, 0.1) is 0 Å². The molecule has 0 nitrogen and oxygen atoms in total. The van der Waals surface area contributed by atoms with Gasteiger partial charge < -0.3 is 0 Å². The van der Waals surface area contributed by atoms with E-state index in [1.165, 1.54) is 0 Å². The Kier molecular flexibility index (Phi) is 115. The zero-order chi connectivity index (χ0) is 0. The molecule has 0 atom stereocenters. The van der Waals surface area contributed by atoms with Crippen LogP contribution >= 0.6 is 0 Å². The fraction of sp³-hybridized carbons (Fsp3) is 0. The maximum Gasteiger partial charge on any atom is 0 e. The Morgan fingerprint density at radius 1 is 1.00 bits per heavy atom. The van der Waals surface area contributed by atoms with Gasteiger partial charge in [-0.1, -0.05) is 0 Å². The second-order valence-electron chi connectivity index (χ2n) is 0. The van der Waals surface area contributed by atoms with Crippen molar-refractivity contribution in [3.8, 4) is 0 Å². The van der Waals surface area contributed by atoms with E-state index in [9.17, 15) is 0 Å². The van der Waals surface area contributed by atoms with E-state index >= 15 is 0 Å². The van der Waals surface area contributed by atoms with Gasteiger partial charge in [0.25, 0.3) is 0 Å². The average Bonchev–Trinajstić information content (AvgIpc) is 0. The van der Waals surface area contributed by atoms with E-state index in [4.69, 9.17) is 0 Å². The van der Waals surface area contributed by atoms with Gasteiger partial charge in [-0.2, -0.15) is 0 Å². The summed E-state index contributed by atoms with van der Waals surface area (Å²) in [7, 11) is 0. The molecule has 0 aromatic rings. The molecular weight excluding hydrogens is 511 g/mol. The van der Waals surface area contributed by atoms with Gasteiger partial charge in [0.2, 0.25) is 0 Å². The first-order valence-corrected chi connectivity index (χ1v) is 0. The minimum atomic E-state index is 0. The third kappa shape index (κ3) is 8.91. The summed E-state index contributed by atoms with van der Waals surface area (Å²) < 4.78 is 0. The Bertz CT molecular complexity index is 8.00. The van der Waals surface area contributed by atoms with Gasteiger partial charge in [0.05, 0.1) is 0 Å². The summed E-state index contributed by atoms with van der Waals surface area (Å²) in [6.45, 7) is 0. The first kappa shape index (κ1) is 27.7. The molecule has 0 unspecified atom stereocenters. The van der Waals surface area contributed by atoms with Crippen LogP contribution in [0.5, 0.6) is 0 Å². The van der Waals surface area contributed by atoms with E-state index in [0.29, 0.717) is 0 Å². The first-order chi connectivity index (χ1) is 0. The molecule has 0 heterocycles. The normalized spacial score (nSPS) is 0. The quantitative estimate of drug-likeness (QED) is 0.361. The van der Waals surface area contributed by atoms with Crippen molar-refractivity contribution in [1.29, 1.82) is 0 Å². The number of rotatable bonds is 0. The van der Waals surface area contributed by atoms with Crippen molar-refractivity contribution in [1.82, 2.24) is 0 Å². The molecule has 24 valence electrons. The average molecular weight is 511 g/mol. The van der Waals surface area contributed by atoms with Gasteiger partial charge >= 0.3 is 0 Å². The van der Waals surface area contributed by atoms with Crippen molar-refractivity contribution >= 4 is 75.6 Å². The van der Waals surface area contributed by atoms with Gasteiger partial charge in [-0.25, -0.2) is 0 Å². The third-order valence-electron chi connectivity index (χ3n) is 0. The molecule has 0 saturated carbocycles. The topological polar surface area (TPSA) is 0 Å². The fourth-order valence-corrected chi connectivity index (χ4v) is 0. The van der Waals surface area contributed by atoms with E-state index in [2.05, 4.69) is 0 Å².